The normalized spacial score (nSPS) is 17.6. The number of aryl methyl sites for hydroxylation is 1. The minimum atomic E-state index is 0.127. The molecule has 0 spiro atoms. The lowest BCUT2D eigenvalue weighted by atomic mass is 10.1. The molecule has 1 aromatic carbocycles. The van der Waals surface area contributed by atoms with Crippen molar-refractivity contribution in [2.75, 3.05) is 57.4 Å². The summed E-state index contributed by atoms with van der Waals surface area (Å²) in [5, 5.41) is 3.29. The number of amides is 2. The number of thiophene rings is 1. The number of ether oxygens (including phenoxy) is 1. The number of rotatable bonds is 2. The number of hydrogen-bond acceptors (Lipinski definition) is 6. The maximum Gasteiger partial charge on any atom is 0.320 e. The van der Waals surface area contributed by atoms with Crippen molar-refractivity contribution < 1.29 is 9.53 Å². The molecule has 156 valence electrons. The molecule has 0 N–H and O–H groups in total. The Bertz CT molecular complexity index is 1040. The van der Waals surface area contributed by atoms with Crippen LogP contribution in [0.25, 0.3) is 21.3 Å². The molecular formula is C22H25N5O2S. The van der Waals surface area contributed by atoms with Gasteiger partial charge in [-0.1, -0.05) is 30.3 Å². The predicted octanol–water partition coefficient (Wildman–Crippen LogP) is 3.24. The lowest BCUT2D eigenvalue weighted by Gasteiger charge is -2.39. The molecule has 7 nitrogen and oxygen atoms in total. The summed E-state index contributed by atoms with van der Waals surface area (Å²) in [4.78, 5) is 29.5. The van der Waals surface area contributed by atoms with Crippen LogP contribution in [0.3, 0.4) is 0 Å². The summed E-state index contributed by atoms with van der Waals surface area (Å²) in [6.45, 7) is 7.51. The molecule has 30 heavy (non-hydrogen) atoms. The van der Waals surface area contributed by atoms with Gasteiger partial charge in [0, 0.05) is 50.2 Å². The molecule has 2 aromatic heterocycles. The zero-order valence-corrected chi connectivity index (χ0v) is 17.9. The number of carbonyl (C=O) groups excluding carboxylic acids is 1. The van der Waals surface area contributed by atoms with E-state index in [1.807, 2.05) is 22.8 Å². The molecule has 0 saturated carbocycles. The highest BCUT2D eigenvalue weighted by atomic mass is 32.1. The molecule has 2 aliphatic heterocycles. The van der Waals surface area contributed by atoms with Crippen LogP contribution >= 0.6 is 11.3 Å². The summed E-state index contributed by atoms with van der Waals surface area (Å²) in [5.74, 6) is 1.77. The first-order valence-corrected chi connectivity index (χ1v) is 11.3. The number of carbonyl (C=O) groups is 1. The zero-order chi connectivity index (χ0) is 20.5. The second-order valence-electron chi connectivity index (χ2n) is 7.65. The Hall–Kier alpha value is -2.71. The molecule has 0 radical (unpaired) electrons. The molecule has 0 bridgehead atoms. The molecule has 3 aromatic rings. The van der Waals surface area contributed by atoms with Gasteiger partial charge in [-0.15, -0.1) is 11.3 Å². The SMILES string of the molecule is Cc1nc(N2CCN(C(=O)N3CCOCC3)CC2)c2c(-c3ccccc3)csc2n1. The van der Waals surface area contributed by atoms with Gasteiger partial charge >= 0.3 is 6.03 Å². The summed E-state index contributed by atoms with van der Waals surface area (Å²) >= 11 is 1.66. The average Bonchev–Trinajstić information content (AvgIpc) is 3.23. The Morgan fingerprint density at radius 1 is 0.967 bits per heavy atom. The van der Waals surface area contributed by atoms with Gasteiger partial charge in [0.1, 0.15) is 16.5 Å². The highest BCUT2D eigenvalue weighted by Crippen LogP contribution is 2.38. The van der Waals surface area contributed by atoms with Gasteiger partial charge in [0.2, 0.25) is 0 Å². The molecule has 4 heterocycles. The van der Waals surface area contributed by atoms with Crippen LogP contribution in [0.5, 0.6) is 0 Å². The fraction of sp³-hybridized carbons (Fsp3) is 0.409. The molecule has 0 atom stereocenters. The molecule has 2 fully saturated rings. The largest absolute Gasteiger partial charge is 0.378 e. The summed E-state index contributed by atoms with van der Waals surface area (Å²) in [6, 6.07) is 10.5. The van der Waals surface area contributed by atoms with Crippen LogP contribution in [0.1, 0.15) is 5.82 Å². The zero-order valence-electron chi connectivity index (χ0n) is 17.1. The first-order valence-electron chi connectivity index (χ1n) is 10.4. The molecule has 0 unspecified atom stereocenters. The lowest BCUT2D eigenvalue weighted by molar-refractivity contribution is 0.0428. The van der Waals surface area contributed by atoms with Crippen molar-refractivity contribution >= 4 is 33.4 Å². The molecule has 5 rings (SSSR count). The van der Waals surface area contributed by atoms with Gasteiger partial charge in [0.05, 0.1) is 18.6 Å². The van der Waals surface area contributed by atoms with Gasteiger partial charge in [0.15, 0.2) is 0 Å². The summed E-state index contributed by atoms with van der Waals surface area (Å²) < 4.78 is 5.37. The Kier molecular flexibility index (Phi) is 5.26. The maximum absolute atomic E-state index is 12.8. The van der Waals surface area contributed by atoms with Gasteiger partial charge in [-0.25, -0.2) is 14.8 Å². The van der Waals surface area contributed by atoms with E-state index >= 15 is 0 Å². The van der Waals surface area contributed by atoms with Crippen molar-refractivity contribution in [2.24, 2.45) is 0 Å². The summed E-state index contributed by atoms with van der Waals surface area (Å²) in [7, 11) is 0. The molecule has 2 saturated heterocycles. The van der Waals surface area contributed by atoms with Gasteiger partial charge < -0.3 is 19.4 Å². The van der Waals surface area contributed by atoms with E-state index in [-0.39, 0.29) is 6.03 Å². The first kappa shape index (κ1) is 19.3. The maximum atomic E-state index is 12.8. The van der Waals surface area contributed by atoms with Crippen LogP contribution in [-0.4, -0.2) is 78.3 Å². The Labute approximate surface area is 179 Å². The topological polar surface area (TPSA) is 61.8 Å². The number of nitrogens with zero attached hydrogens (tertiary/aromatic N) is 5. The standard InChI is InChI=1S/C22H25N5O2S/c1-16-23-20(19-18(15-30-21(19)24-16)17-5-3-2-4-6-17)25-7-9-26(10-8-25)22(28)27-11-13-29-14-12-27/h2-6,15H,7-14H2,1H3. The van der Waals surface area contributed by atoms with E-state index in [0.29, 0.717) is 39.4 Å². The molecule has 2 aliphatic rings. The Morgan fingerprint density at radius 3 is 2.40 bits per heavy atom. The van der Waals surface area contributed by atoms with Crippen molar-refractivity contribution in [1.82, 2.24) is 19.8 Å². The summed E-state index contributed by atoms with van der Waals surface area (Å²) in [5.41, 5.74) is 2.36. The quantitative estimate of drug-likeness (QED) is 0.633. The van der Waals surface area contributed by atoms with Crippen LogP contribution < -0.4 is 4.90 Å². The third-order valence-corrected chi connectivity index (χ3v) is 6.61. The van der Waals surface area contributed by atoms with Crippen molar-refractivity contribution in [3.63, 3.8) is 0 Å². The van der Waals surface area contributed by atoms with Crippen LogP contribution in [-0.2, 0) is 4.74 Å². The number of aromatic nitrogens is 2. The number of morpholine rings is 1. The average molecular weight is 424 g/mol. The molecule has 8 heteroatoms. The second-order valence-corrected chi connectivity index (χ2v) is 8.50. The van der Waals surface area contributed by atoms with E-state index in [4.69, 9.17) is 9.72 Å². The molecule has 2 amide bonds. The van der Waals surface area contributed by atoms with E-state index in [1.54, 1.807) is 11.3 Å². The third kappa shape index (κ3) is 3.61. The smallest absolute Gasteiger partial charge is 0.320 e. The van der Waals surface area contributed by atoms with Crippen LogP contribution in [0, 0.1) is 6.92 Å². The van der Waals surface area contributed by atoms with E-state index in [1.165, 1.54) is 11.1 Å². The van der Waals surface area contributed by atoms with Crippen molar-refractivity contribution in [3.05, 3.63) is 41.5 Å². The van der Waals surface area contributed by atoms with Gasteiger partial charge in [-0.05, 0) is 12.5 Å². The minimum Gasteiger partial charge on any atom is -0.378 e. The van der Waals surface area contributed by atoms with Crippen LogP contribution in [0.15, 0.2) is 35.7 Å². The number of hydrogen-bond donors (Lipinski definition) is 0. The number of anilines is 1. The highest BCUT2D eigenvalue weighted by molar-refractivity contribution is 7.17. The van der Waals surface area contributed by atoms with Gasteiger partial charge in [-0.2, -0.15) is 0 Å². The number of fused-ring (bicyclic) bond motifs is 1. The fourth-order valence-electron chi connectivity index (χ4n) is 4.15. The first-order chi connectivity index (χ1) is 14.7. The van der Waals surface area contributed by atoms with E-state index in [0.717, 1.165) is 34.9 Å². The number of benzene rings is 1. The Balaban J connectivity index is 1.40. The van der Waals surface area contributed by atoms with Crippen LogP contribution in [0.4, 0.5) is 10.6 Å². The van der Waals surface area contributed by atoms with E-state index in [2.05, 4.69) is 39.5 Å². The van der Waals surface area contributed by atoms with Gasteiger partial charge in [-0.3, -0.25) is 0 Å². The van der Waals surface area contributed by atoms with Crippen molar-refractivity contribution in [1.29, 1.82) is 0 Å². The number of piperazine rings is 1. The molecule has 0 aliphatic carbocycles. The van der Waals surface area contributed by atoms with Crippen molar-refractivity contribution in [3.8, 4) is 11.1 Å². The van der Waals surface area contributed by atoms with E-state index in [9.17, 15) is 4.79 Å². The van der Waals surface area contributed by atoms with Crippen molar-refractivity contribution in [2.45, 2.75) is 6.92 Å². The van der Waals surface area contributed by atoms with E-state index < -0.39 is 0 Å². The predicted molar refractivity (Wildman–Crippen MR) is 119 cm³/mol. The fourth-order valence-corrected chi connectivity index (χ4v) is 5.14. The Morgan fingerprint density at radius 2 is 1.67 bits per heavy atom. The monoisotopic (exact) mass is 423 g/mol. The molecular weight excluding hydrogens is 398 g/mol. The highest BCUT2D eigenvalue weighted by Gasteiger charge is 2.28. The third-order valence-electron chi connectivity index (χ3n) is 5.74. The lowest BCUT2D eigenvalue weighted by Crippen LogP contribution is -2.55. The van der Waals surface area contributed by atoms with Gasteiger partial charge in [0.25, 0.3) is 0 Å². The second kappa shape index (κ2) is 8.20. The number of urea groups is 1. The summed E-state index contributed by atoms with van der Waals surface area (Å²) in [6.07, 6.45) is 0. The minimum absolute atomic E-state index is 0.127. The van der Waals surface area contributed by atoms with Crippen LogP contribution in [0.2, 0.25) is 0 Å².